The van der Waals surface area contributed by atoms with Crippen molar-refractivity contribution < 1.29 is 0 Å². The molecule has 1 aromatic rings. The minimum absolute atomic E-state index is 0.0835. The topological polar surface area (TPSA) is 46.9 Å². The summed E-state index contributed by atoms with van der Waals surface area (Å²) in [5, 5.41) is 3.21. The fourth-order valence-corrected chi connectivity index (χ4v) is 1.63. The van der Waals surface area contributed by atoms with E-state index >= 15 is 0 Å². The first-order chi connectivity index (χ1) is 6.68. The van der Waals surface area contributed by atoms with Gasteiger partial charge in [0, 0.05) is 19.2 Å². The minimum atomic E-state index is 0.0835. The zero-order valence-electron chi connectivity index (χ0n) is 8.58. The predicted octanol–water partition coefficient (Wildman–Crippen LogP) is 0.470. The van der Waals surface area contributed by atoms with Crippen molar-refractivity contribution in [3.63, 3.8) is 0 Å². The van der Waals surface area contributed by atoms with Crippen molar-refractivity contribution in [2.24, 2.45) is 0 Å². The zero-order valence-corrected chi connectivity index (χ0v) is 8.58. The van der Waals surface area contributed by atoms with Crippen LogP contribution in [0.3, 0.4) is 0 Å². The van der Waals surface area contributed by atoms with E-state index in [2.05, 4.69) is 24.1 Å². The molecule has 0 unspecified atom stereocenters. The van der Waals surface area contributed by atoms with Gasteiger partial charge in [0.05, 0.1) is 12.2 Å². The van der Waals surface area contributed by atoms with Crippen LogP contribution in [0.15, 0.2) is 10.9 Å². The largest absolute Gasteiger partial charge is 0.308 e. The highest BCUT2D eigenvalue weighted by Gasteiger charge is 2.13. The van der Waals surface area contributed by atoms with E-state index < -0.39 is 0 Å². The summed E-state index contributed by atoms with van der Waals surface area (Å²) in [5.74, 6) is 1.18. The lowest BCUT2D eigenvalue weighted by atomic mass is 10.1. The van der Waals surface area contributed by atoms with Gasteiger partial charge >= 0.3 is 0 Å². The summed E-state index contributed by atoms with van der Waals surface area (Å²) in [6.45, 7) is 6.40. The normalized spacial score (nSPS) is 15.6. The molecular formula is C10H15N3O. The number of nitrogens with zero attached hydrogens (tertiary/aromatic N) is 2. The van der Waals surface area contributed by atoms with Gasteiger partial charge in [0.25, 0.3) is 5.56 Å². The van der Waals surface area contributed by atoms with Crippen LogP contribution in [0, 0.1) is 0 Å². The van der Waals surface area contributed by atoms with E-state index in [-0.39, 0.29) is 5.56 Å². The Kier molecular flexibility index (Phi) is 2.37. The molecule has 2 rings (SSSR count). The number of aromatic nitrogens is 2. The third-order valence-electron chi connectivity index (χ3n) is 2.49. The van der Waals surface area contributed by atoms with Crippen molar-refractivity contribution in [3.8, 4) is 0 Å². The van der Waals surface area contributed by atoms with Crippen LogP contribution in [0.5, 0.6) is 0 Å². The van der Waals surface area contributed by atoms with E-state index in [1.54, 1.807) is 10.6 Å². The first-order valence-corrected chi connectivity index (χ1v) is 5.00. The van der Waals surface area contributed by atoms with Crippen LogP contribution in [-0.2, 0) is 13.1 Å². The quantitative estimate of drug-likeness (QED) is 0.705. The molecule has 0 saturated heterocycles. The van der Waals surface area contributed by atoms with Gasteiger partial charge in [0.15, 0.2) is 0 Å². The average Bonchev–Trinajstić information content (AvgIpc) is 2.17. The van der Waals surface area contributed by atoms with Crippen LogP contribution in [0.1, 0.15) is 31.3 Å². The van der Waals surface area contributed by atoms with Gasteiger partial charge in [-0.1, -0.05) is 13.8 Å². The number of hydrogen-bond donors (Lipinski definition) is 1. The predicted molar refractivity (Wildman–Crippen MR) is 54.3 cm³/mol. The molecule has 0 saturated carbocycles. The Labute approximate surface area is 83.0 Å². The Balaban J connectivity index is 2.52. The van der Waals surface area contributed by atoms with Gasteiger partial charge in [-0.2, -0.15) is 0 Å². The Bertz CT molecular complexity index is 395. The SMILES string of the molecule is CC(C)c1cc(=O)n2c(n1)CNCC2. The zero-order chi connectivity index (χ0) is 10.1. The summed E-state index contributed by atoms with van der Waals surface area (Å²) in [5.41, 5.74) is 0.977. The van der Waals surface area contributed by atoms with Gasteiger partial charge in [-0.25, -0.2) is 4.98 Å². The van der Waals surface area contributed by atoms with Crippen molar-refractivity contribution in [1.29, 1.82) is 0 Å². The molecule has 0 bridgehead atoms. The molecule has 0 aromatic carbocycles. The Hall–Kier alpha value is -1.16. The Morgan fingerprint density at radius 2 is 2.36 bits per heavy atom. The fraction of sp³-hybridized carbons (Fsp3) is 0.600. The smallest absolute Gasteiger partial charge is 0.253 e. The minimum Gasteiger partial charge on any atom is -0.308 e. The van der Waals surface area contributed by atoms with E-state index in [9.17, 15) is 4.79 Å². The third-order valence-corrected chi connectivity index (χ3v) is 2.49. The van der Waals surface area contributed by atoms with Crippen LogP contribution in [0.2, 0.25) is 0 Å². The van der Waals surface area contributed by atoms with Gasteiger partial charge in [0.2, 0.25) is 0 Å². The second kappa shape index (κ2) is 3.53. The maximum atomic E-state index is 11.7. The first-order valence-electron chi connectivity index (χ1n) is 5.00. The summed E-state index contributed by atoms with van der Waals surface area (Å²) < 4.78 is 1.75. The van der Waals surface area contributed by atoms with Crippen LogP contribution >= 0.6 is 0 Å². The summed E-state index contributed by atoms with van der Waals surface area (Å²) >= 11 is 0. The molecule has 1 aromatic heterocycles. The maximum Gasteiger partial charge on any atom is 0.253 e. The van der Waals surface area contributed by atoms with Crippen LogP contribution in [-0.4, -0.2) is 16.1 Å². The molecule has 4 nitrogen and oxygen atoms in total. The van der Waals surface area contributed by atoms with Crippen LogP contribution in [0.25, 0.3) is 0 Å². The van der Waals surface area contributed by atoms with Crippen molar-refractivity contribution in [1.82, 2.24) is 14.9 Å². The van der Waals surface area contributed by atoms with E-state index in [4.69, 9.17) is 0 Å². The fourth-order valence-electron chi connectivity index (χ4n) is 1.63. The van der Waals surface area contributed by atoms with E-state index in [1.807, 2.05) is 0 Å². The Morgan fingerprint density at radius 3 is 3.07 bits per heavy atom. The second-order valence-corrected chi connectivity index (χ2v) is 3.92. The van der Waals surface area contributed by atoms with E-state index in [0.717, 1.165) is 24.6 Å². The standard InChI is InChI=1S/C10H15N3O/c1-7(2)8-5-10(14)13-4-3-11-6-9(13)12-8/h5,7,11H,3-4,6H2,1-2H3. The lowest BCUT2D eigenvalue weighted by Gasteiger charge is -2.19. The van der Waals surface area contributed by atoms with Crippen LogP contribution < -0.4 is 10.9 Å². The summed E-state index contributed by atoms with van der Waals surface area (Å²) in [4.78, 5) is 16.2. The first kappa shape index (κ1) is 9.40. The molecule has 0 spiro atoms. The molecule has 0 fully saturated rings. The maximum absolute atomic E-state index is 11.7. The van der Waals surface area contributed by atoms with Gasteiger partial charge in [0.1, 0.15) is 5.82 Å². The van der Waals surface area contributed by atoms with Crippen molar-refractivity contribution in [3.05, 3.63) is 27.9 Å². The molecule has 1 aliphatic rings. The van der Waals surface area contributed by atoms with Crippen LogP contribution in [0.4, 0.5) is 0 Å². The highest BCUT2D eigenvalue weighted by molar-refractivity contribution is 5.09. The molecule has 1 aliphatic heterocycles. The summed E-state index contributed by atoms with van der Waals surface area (Å²) in [6, 6.07) is 1.65. The highest BCUT2D eigenvalue weighted by atomic mass is 16.1. The van der Waals surface area contributed by atoms with E-state index in [0.29, 0.717) is 12.5 Å². The molecule has 0 radical (unpaired) electrons. The third kappa shape index (κ3) is 1.57. The highest BCUT2D eigenvalue weighted by Crippen LogP contribution is 2.10. The molecule has 0 aliphatic carbocycles. The molecule has 14 heavy (non-hydrogen) atoms. The van der Waals surface area contributed by atoms with Crippen molar-refractivity contribution in [2.75, 3.05) is 6.54 Å². The molecule has 0 atom stereocenters. The number of rotatable bonds is 1. The van der Waals surface area contributed by atoms with Crippen molar-refractivity contribution in [2.45, 2.75) is 32.9 Å². The number of hydrogen-bond acceptors (Lipinski definition) is 3. The number of nitrogens with one attached hydrogen (secondary N) is 1. The molecule has 76 valence electrons. The van der Waals surface area contributed by atoms with Crippen molar-refractivity contribution >= 4 is 0 Å². The molecule has 0 amide bonds. The molecule has 4 heteroatoms. The molecular weight excluding hydrogens is 178 g/mol. The second-order valence-electron chi connectivity index (χ2n) is 3.92. The van der Waals surface area contributed by atoms with E-state index in [1.165, 1.54) is 0 Å². The monoisotopic (exact) mass is 193 g/mol. The van der Waals surface area contributed by atoms with Gasteiger partial charge < -0.3 is 5.32 Å². The lowest BCUT2D eigenvalue weighted by Crippen LogP contribution is -2.37. The van der Waals surface area contributed by atoms with Gasteiger partial charge in [-0.15, -0.1) is 0 Å². The summed E-state index contributed by atoms with van der Waals surface area (Å²) in [6.07, 6.45) is 0. The summed E-state index contributed by atoms with van der Waals surface area (Å²) in [7, 11) is 0. The van der Waals surface area contributed by atoms with Gasteiger partial charge in [-0.05, 0) is 5.92 Å². The average molecular weight is 193 g/mol. The Morgan fingerprint density at radius 1 is 1.57 bits per heavy atom. The molecule has 1 N–H and O–H groups in total. The lowest BCUT2D eigenvalue weighted by molar-refractivity contribution is 0.476. The number of fused-ring (bicyclic) bond motifs is 1. The van der Waals surface area contributed by atoms with Gasteiger partial charge in [-0.3, -0.25) is 9.36 Å². The molecule has 2 heterocycles.